The lowest BCUT2D eigenvalue weighted by Gasteiger charge is -2.10. The summed E-state index contributed by atoms with van der Waals surface area (Å²) in [4.78, 5) is 30.8. The maximum absolute atomic E-state index is 13.6. The zero-order valence-corrected chi connectivity index (χ0v) is 20.3. The summed E-state index contributed by atoms with van der Waals surface area (Å²) in [5, 5.41) is 16.4. The molecule has 10 nitrogen and oxygen atoms in total. The van der Waals surface area contributed by atoms with Gasteiger partial charge in [-0.05, 0) is 42.8 Å². The molecule has 0 bridgehead atoms. The first-order valence-corrected chi connectivity index (χ1v) is 11.5. The zero-order chi connectivity index (χ0) is 27.4. The van der Waals surface area contributed by atoms with Crippen LogP contribution in [-0.4, -0.2) is 28.2 Å². The number of alkyl halides is 3. The van der Waals surface area contributed by atoms with Crippen molar-refractivity contribution in [3.63, 3.8) is 0 Å². The van der Waals surface area contributed by atoms with E-state index in [2.05, 4.69) is 19.5 Å². The van der Waals surface area contributed by atoms with Gasteiger partial charge in [0.05, 0.1) is 28.5 Å². The number of hydrogen-bond donors (Lipinski definition) is 1. The first kappa shape index (κ1) is 25.0. The van der Waals surface area contributed by atoms with E-state index in [1.54, 1.807) is 19.1 Å². The normalized spacial score (nSPS) is 11.7. The predicted molar refractivity (Wildman–Crippen MR) is 124 cm³/mol. The summed E-state index contributed by atoms with van der Waals surface area (Å²) in [5.41, 5.74) is 6.88. The van der Waals surface area contributed by atoms with Gasteiger partial charge in [0, 0.05) is 23.1 Å². The molecule has 0 atom stereocenters. The van der Waals surface area contributed by atoms with Gasteiger partial charge in [0.2, 0.25) is 5.69 Å². The van der Waals surface area contributed by atoms with E-state index in [9.17, 15) is 27.9 Å². The van der Waals surface area contributed by atoms with Crippen molar-refractivity contribution in [3.05, 3.63) is 64.5 Å². The number of carbonyl (C=O) groups excluding carboxylic acids is 2. The van der Waals surface area contributed by atoms with Crippen LogP contribution in [0.2, 0.25) is 0 Å². The van der Waals surface area contributed by atoms with E-state index in [1.807, 2.05) is 0 Å². The Kier molecular flexibility index (Phi) is 5.90. The number of nitrogen functional groups attached to an aromatic ring is 1. The Balaban J connectivity index is 1.64. The molecule has 5 aromatic rings. The summed E-state index contributed by atoms with van der Waals surface area (Å²) in [5.74, 6) is -2.43. The number of fused-ring (bicyclic) bond motifs is 1. The molecule has 4 aromatic heterocycles. The number of rotatable bonds is 6. The number of ether oxygens (including phenoxy) is 1. The Hall–Kier alpha value is -4.72. The molecule has 5 rings (SSSR count). The van der Waals surface area contributed by atoms with E-state index >= 15 is 0 Å². The van der Waals surface area contributed by atoms with Gasteiger partial charge in [0.25, 0.3) is 5.78 Å². The molecular weight excluding hydrogens is 529 g/mol. The number of furan rings is 1. The number of anilines is 1. The fourth-order valence-electron chi connectivity index (χ4n) is 4.04. The Morgan fingerprint density at radius 2 is 1.89 bits per heavy atom. The number of pyridine rings is 1. The Morgan fingerprint density at radius 3 is 2.50 bits per heavy atom. The lowest BCUT2D eigenvalue weighted by Crippen LogP contribution is -2.39. The minimum atomic E-state index is -4.90. The van der Waals surface area contributed by atoms with Gasteiger partial charge in [-0.3, -0.25) is 9.59 Å². The number of thiophene rings is 1. The van der Waals surface area contributed by atoms with Crippen LogP contribution >= 0.6 is 11.3 Å². The highest BCUT2D eigenvalue weighted by molar-refractivity contribution is 7.21. The Labute approximate surface area is 214 Å². The van der Waals surface area contributed by atoms with Crippen LogP contribution in [0, 0.1) is 6.92 Å². The Morgan fingerprint density at radius 1 is 1.18 bits per heavy atom. The SMILES string of the molecule is CC(=O)c1c(C)nc2sc(C(=O)c3c([O-])on[n+]3-c3ccc(OC(F)(F)F)cc3)c(N)c2c1-c1ccco1. The minimum Gasteiger partial charge on any atom is -0.539 e. The molecule has 0 radical (unpaired) electrons. The summed E-state index contributed by atoms with van der Waals surface area (Å²) in [6, 6.07) is 7.56. The van der Waals surface area contributed by atoms with E-state index in [0.717, 1.165) is 40.3 Å². The zero-order valence-electron chi connectivity index (χ0n) is 19.5. The summed E-state index contributed by atoms with van der Waals surface area (Å²) in [6.07, 6.45) is -3.47. The molecule has 0 aliphatic rings. The number of aromatic nitrogens is 3. The van der Waals surface area contributed by atoms with Crippen molar-refractivity contribution >= 4 is 38.8 Å². The molecule has 0 aliphatic heterocycles. The van der Waals surface area contributed by atoms with Gasteiger partial charge in [-0.25, -0.2) is 4.98 Å². The van der Waals surface area contributed by atoms with Crippen LogP contribution in [0.15, 0.2) is 51.6 Å². The van der Waals surface area contributed by atoms with E-state index in [0.29, 0.717) is 27.2 Å². The number of halogens is 3. The molecule has 14 heteroatoms. The number of aryl methyl sites for hydroxylation is 1. The van der Waals surface area contributed by atoms with Gasteiger partial charge < -0.3 is 24.5 Å². The predicted octanol–water partition coefficient (Wildman–Crippen LogP) is 4.12. The first-order chi connectivity index (χ1) is 18.0. The molecule has 0 spiro atoms. The number of Topliss-reactive ketones (excluding diaryl/α,β-unsaturated/α-hetero) is 1. The highest BCUT2D eigenvalue weighted by Gasteiger charge is 2.35. The van der Waals surface area contributed by atoms with E-state index in [4.69, 9.17) is 10.2 Å². The molecule has 194 valence electrons. The van der Waals surface area contributed by atoms with Crippen LogP contribution in [0.1, 0.15) is 38.3 Å². The van der Waals surface area contributed by atoms with E-state index in [1.165, 1.54) is 13.2 Å². The largest absolute Gasteiger partial charge is 0.573 e. The van der Waals surface area contributed by atoms with Crippen LogP contribution in [-0.2, 0) is 0 Å². The van der Waals surface area contributed by atoms with Crippen LogP contribution in [0.4, 0.5) is 18.9 Å². The Bertz CT molecular complexity index is 1710. The summed E-state index contributed by atoms with van der Waals surface area (Å²) >= 11 is 0.892. The van der Waals surface area contributed by atoms with Crippen molar-refractivity contribution in [2.75, 3.05) is 5.73 Å². The van der Waals surface area contributed by atoms with Crippen LogP contribution in [0.3, 0.4) is 0 Å². The molecule has 0 fully saturated rings. The molecule has 1 aromatic carbocycles. The number of nitrogens with zero attached hydrogens (tertiary/aromatic N) is 3. The number of nitrogens with two attached hydrogens (primary N) is 1. The van der Waals surface area contributed by atoms with Crippen molar-refractivity contribution in [1.82, 2.24) is 10.3 Å². The van der Waals surface area contributed by atoms with Crippen LogP contribution in [0.25, 0.3) is 27.2 Å². The molecule has 38 heavy (non-hydrogen) atoms. The molecule has 0 amide bonds. The summed E-state index contributed by atoms with van der Waals surface area (Å²) in [6.45, 7) is 3.00. The highest BCUT2D eigenvalue weighted by Crippen LogP contribution is 2.43. The quantitative estimate of drug-likeness (QED) is 0.246. The highest BCUT2D eigenvalue weighted by atomic mass is 32.1. The van der Waals surface area contributed by atoms with Crippen molar-refractivity contribution in [1.29, 1.82) is 0 Å². The molecule has 0 unspecified atom stereocenters. The molecule has 0 aliphatic carbocycles. The maximum Gasteiger partial charge on any atom is 0.573 e. The average Bonchev–Trinajstić information content (AvgIpc) is 3.57. The lowest BCUT2D eigenvalue weighted by molar-refractivity contribution is -0.672. The second-order valence-electron chi connectivity index (χ2n) is 8.00. The summed E-state index contributed by atoms with van der Waals surface area (Å²) < 4.78 is 52.3. The van der Waals surface area contributed by atoms with Gasteiger partial charge in [-0.1, -0.05) is 0 Å². The first-order valence-electron chi connectivity index (χ1n) is 10.7. The fraction of sp³-hybridized carbons (Fsp3) is 0.125. The smallest absolute Gasteiger partial charge is 0.539 e. The molecule has 4 heterocycles. The molecular formula is C24H15F3N4O6S. The number of carbonyl (C=O) groups is 2. The number of ketones is 2. The second kappa shape index (κ2) is 8.99. The molecule has 2 N–H and O–H groups in total. The van der Waals surface area contributed by atoms with Gasteiger partial charge in [-0.2, -0.15) is 0 Å². The van der Waals surface area contributed by atoms with E-state index in [-0.39, 0.29) is 27.6 Å². The van der Waals surface area contributed by atoms with Gasteiger partial charge >= 0.3 is 12.1 Å². The van der Waals surface area contributed by atoms with Crippen molar-refractivity contribution in [2.45, 2.75) is 20.2 Å². The van der Waals surface area contributed by atoms with Crippen molar-refractivity contribution < 1.29 is 46.2 Å². The van der Waals surface area contributed by atoms with Gasteiger partial charge in [0.1, 0.15) is 21.2 Å². The second-order valence-corrected chi connectivity index (χ2v) is 9.00. The standard InChI is InChI=1S/C24H15F3N4O6S/c1-10-15(11(2)32)16(14-4-3-9-35-14)17-18(28)21(38-22(17)29-10)20(33)19-23(34)37-30-31(19)12-5-7-13(8-6-12)36-24(25,26)27/h3-9H,1-2H3,(H2-,28,30,33,34). The van der Waals surface area contributed by atoms with Crippen LogP contribution in [0.5, 0.6) is 11.7 Å². The number of hydrogen-bond acceptors (Lipinski definition) is 10. The minimum absolute atomic E-state index is 0.0440. The van der Waals surface area contributed by atoms with Gasteiger partial charge in [-0.15, -0.1) is 24.5 Å². The van der Waals surface area contributed by atoms with Crippen molar-refractivity contribution in [3.8, 4) is 28.7 Å². The third-order valence-electron chi connectivity index (χ3n) is 5.52. The average molecular weight is 544 g/mol. The maximum atomic E-state index is 13.6. The third-order valence-corrected chi connectivity index (χ3v) is 6.62. The summed E-state index contributed by atoms with van der Waals surface area (Å²) in [7, 11) is 0. The van der Waals surface area contributed by atoms with Gasteiger partial charge in [0.15, 0.2) is 11.7 Å². The van der Waals surface area contributed by atoms with Crippen molar-refractivity contribution in [2.24, 2.45) is 0 Å². The monoisotopic (exact) mass is 544 g/mol. The number of benzene rings is 1. The molecule has 0 saturated heterocycles. The lowest BCUT2D eigenvalue weighted by atomic mass is 9.97. The fourth-order valence-corrected chi connectivity index (χ4v) is 5.13. The topological polar surface area (TPSA) is 148 Å². The van der Waals surface area contributed by atoms with Crippen LogP contribution < -0.4 is 20.3 Å². The third kappa shape index (κ3) is 4.24. The van der Waals surface area contributed by atoms with E-state index < -0.39 is 29.5 Å². The molecule has 0 saturated carbocycles.